The van der Waals surface area contributed by atoms with Crippen LogP contribution in [0.25, 0.3) is 0 Å². The summed E-state index contributed by atoms with van der Waals surface area (Å²) in [6.07, 6.45) is 3.46. The smallest absolute Gasteiger partial charge is 0.335 e. The lowest BCUT2D eigenvalue weighted by atomic mass is 9.73. The minimum atomic E-state index is -1.57. The number of carboxylic acids is 1. The molecule has 0 aliphatic carbocycles. The standard InChI is InChI=1S/C14H18N4O5/c1-8(19)22-7-9-10-3-4-11(23-10)14(9,12(20)21)17-13(15)18-6-2-5-16-18/h2,5-6,9-11H,3-4,7H2,1H3,(H2,15,17)(H,20,21). The van der Waals surface area contributed by atoms with E-state index in [1.54, 1.807) is 12.3 Å². The molecule has 3 heterocycles. The maximum absolute atomic E-state index is 12.1. The molecule has 3 N–H and O–H groups in total. The van der Waals surface area contributed by atoms with Gasteiger partial charge >= 0.3 is 11.9 Å². The van der Waals surface area contributed by atoms with E-state index in [-0.39, 0.29) is 18.7 Å². The number of hydrogen-bond donors (Lipinski definition) is 2. The van der Waals surface area contributed by atoms with Gasteiger partial charge in [-0.2, -0.15) is 5.10 Å². The Morgan fingerprint density at radius 1 is 1.57 bits per heavy atom. The minimum Gasteiger partial charge on any atom is -0.479 e. The Morgan fingerprint density at radius 3 is 2.96 bits per heavy atom. The van der Waals surface area contributed by atoms with Crippen molar-refractivity contribution >= 4 is 17.9 Å². The number of hydrogen-bond acceptors (Lipinski definition) is 6. The summed E-state index contributed by atoms with van der Waals surface area (Å²) in [5, 5.41) is 13.8. The van der Waals surface area contributed by atoms with Gasteiger partial charge in [0.1, 0.15) is 0 Å². The molecule has 0 amide bonds. The van der Waals surface area contributed by atoms with E-state index in [9.17, 15) is 14.7 Å². The molecular formula is C14H18N4O5. The lowest BCUT2D eigenvalue weighted by Gasteiger charge is -2.34. The topological polar surface area (TPSA) is 129 Å². The van der Waals surface area contributed by atoms with Crippen molar-refractivity contribution in [2.75, 3.05) is 6.61 Å². The van der Waals surface area contributed by atoms with Crippen molar-refractivity contribution in [3.05, 3.63) is 18.5 Å². The van der Waals surface area contributed by atoms with E-state index in [4.69, 9.17) is 15.2 Å². The molecule has 1 aromatic heterocycles. The first-order valence-corrected chi connectivity index (χ1v) is 7.32. The van der Waals surface area contributed by atoms with Gasteiger partial charge in [-0.15, -0.1) is 0 Å². The molecular weight excluding hydrogens is 304 g/mol. The molecule has 2 saturated heterocycles. The normalized spacial score (nSPS) is 32.9. The van der Waals surface area contributed by atoms with Crippen LogP contribution in [0.4, 0.5) is 0 Å². The molecule has 1 aromatic rings. The Morgan fingerprint density at radius 2 is 2.35 bits per heavy atom. The van der Waals surface area contributed by atoms with Gasteiger partial charge in [0, 0.05) is 19.3 Å². The molecule has 0 aromatic carbocycles. The molecule has 9 nitrogen and oxygen atoms in total. The molecule has 0 saturated carbocycles. The lowest BCUT2D eigenvalue weighted by molar-refractivity contribution is -0.151. The summed E-state index contributed by atoms with van der Waals surface area (Å²) >= 11 is 0. The predicted molar refractivity (Wildman–Crippen MR) is 77.6 cm³/mol. The number of esters is 1. The summed E-state index contributed by atoms with van der Waals surface area (Å²) in [4.78, 5) is 27.4. The summed E-state index contributed by atoms with van der Waals surface area (Å²) in [7, 11) is 0. The summed E-state index contributed by atoms with van der Waals surface area (Å²) in [6.45, 7) is 1.20. The first kappa shape index (κ1) is 15.5. The number of ether oxygens (including phenoxy) is 2. The van der Waals surface area contributed by atoms with Crippen LogP contribution in [0.3, 0.4) is 0 Å². The van der Waals surface area contributed by atoms with Crippen molar-refractivity contribution in [2.24, 2.45) is 16.6 Å². The average molecular weight is 322 g/mol. The monoisotopic (exact) mass is 322 g/mol. The molecule has 0 spiro atoms. The van der Waals surface area contributed by atoms with Crippen LogP contribution in [0.15, 0.2) is 23.5 Å². The van der Waals surface area contributed by atoms with Gasteiger partial charge in [0.2, 0.25) is 5.96 Å². The second-order valence-electron chi connectivity index (χ2n) is 5.70. The zero-order valence-electron chi connectivity index (χ0n) is 12.6. The van der Waals surface area contributed by atoms with Gasteiger partial charge in [-0.1, -0.05) is 0 Å². The van der Waals surface area contributed by atoms with Crippen molar-refractivity contribution in [3.8, 4) is 0 Å². The van der Waals surface area contributed by atoms with E-state index in [0.29, 0.717) is 12.8 Å². The van der Waals surface area contributed by atoms with E-state index in [1.165, 1.54) is 17.8 Å². The Kier molecular flexibility index (Phi) is 3.80. The van der Waals surface area contributed by atoms with Gasteiger partial charge in [0.25, 0.3) is 0 Å². The van der Waals surface area contributed by atoms with Gasteiger partial charge in [-0.05, 0) is 18.9 Å². The van der Waals surface area contributed by atoms with Crippen LogP contribution < -0.4 is 5.73 Å². The van der Waals surface area contributed by atoms with Crippen molar-refractivity contribution in [1.29, 1.82) is 0 Å². The molecule has 2 bridgehead atoms. The third kappa shape index (κ3) is 2.46. The summed E-state index contributed by atoms with van der Waals surface area (Å²) < 4.78 is 12.1. The lowest BCUT2D eigenvalue weighted by Crippen LogP contribution is -2.55. The van der Waals surface area contributed by atoms with E-state index < -0.39 is 29.5 Å². The quantitative estimate of drug-likeness (QED) is 0.439. The fraction of sp³-hybridized carbons (Fsp3) is 0.571. The summed E-state index contributed by atoms with van der Waals surface area (Å²) in [5.74, 6) is -2.24. The Bertz CT molecular complexity index is 644. The number of carbonyl (C=O) groups excluding carboxylic acids is 1. The van der Waals surface area contributed by atoms with Crippen molar-refractivity contribution in [1.82, 2.24) is 9.78 Å². The molecule has 2 aliphatic rings. The fourth-order valence-electron chi connectivity index (χ4n) is 3.39. The van der Waals surface area contributed by atoms with Crippen molar-refractivity contribution < 1.29 is 24.2 Å². The first-order chi connectivity index (χ1) is 10.9. The Labute approximate surface area is 132 Å². The maximum Gasteiger partial charge on any atom is 0.335 e. The highest BCUT2D eigenvalue weighted by atomic mass is 16.5. The van der Waals surface area contributed by atoms with Crippen LogP contribution >= 0.6 is 0 Å². The Hall–Kier alpha value is -2.42. The third-order valence-corrected chi connectivity index (χ3v) is 4.40. The van der Waals surface area contributed by atoms with Crippen molar-refractivity contribution in [2.45, 2.75) is 37.5 Å². The average Bonchev–Trinajstić information content (AvgIpc) is 3.21. The predicted octanol–water partition coefficient (Wildman–Crippen LogP) is -0.390. The number of nitrogens with zero attached hydrogens (tertiary/aromatic N) is 3. The molecule has 4 atom stereocenters. The third-order valence-electron chi connectivity index (χ3n) is 4.40. The van der Waals surface area contributed by atoms with Gasteiger partial charge < -0.3 is 20.3 Å². The van der Waals surface area contributed by atoms with Gasteiger partial charge in [-0.25, -0.2) is 14.5 Å². The number of aliphatic carboxylic acids is 1. The SMILES string of the molecule is CC(=O)OCC1C2CCC(O2)C1(N=C(N)n1cccn1)C(=O)O. The number of carbonyl (C=O) groups is 2. The van der Waals surface area contributed by atoms with Crippen LogP contribution in [0.1, 0.15) is 19.8 Å². The maximum atomic E-state index is 12.1. The highest BCUT2D eigenvalue weighted by Gasteiger charge is 2.65. The number of aromatic nitrogens is 2. The number of fused-ring (bicyclic) bond motifs is 2. The zero-order valence-corrected chi connectivity index (χ0v) is 12.6. The largest absolute Gasteiger partial charge is 0.479 e. The molecule has 4 unspecified atom stereocenters. The van der Waals surface area contributed by atoms with Crippen LogP contribution in [-0.4, -0.2) is 57.1 Å². The second-order valence-corrected chi connectivity index (χ2v) is 5.70. The fourth-order valence-corrected chi connectivity index (χ4v) is 3.39. The molecule has 23 heavy (non-hydrogen) atoms. The number of carboxylic acid groups (broad SMARTS) is 1. The van der Waals surface area contributed by atoms with Crippen molar-refractivity contribution in [3.63, 3.8) is 0 Å². The molecule has 3 rings (SSSR count). The minimum absolute atomic E-state index is 0.0404. The molecule has 2 aliphatic heterocycles. The zero-order chi connectivity index (χ0) is 16.6. The number of rotatable bonds is 4. The van der Waals surface area contributed by atoms with Crippen LogP contribution in [0, 0.1) is 5.92 Å². The summed E-state index contributed by atoms with van der Waals surface area (Å²) in [5.41, 5.74) is 4.34. The number of nitrogens with two attached hydrogens (primary N) is 1. The molecule has 124 valence electrons. The van der Waals surface area contributed by atoms with E-state index in [1.807, 2.05) is 0 Å². The first-order valence-electron chi connectivity index (χ1n) is 7.32. The van der Waals surface area contributed by atoms with E-state index >= 15 is 0 Å². The highest BCUT2D eigenvalue weighted by Crippen LogP contribution is 2.49. The molecule has 0 radical (unpaired) electrons. The highest BCUT2D eigenvalue weighted by molar-refractivity contribution is 5.88. The Balaban J connectivity index is 1.99. The van der Waals surface area contributed by atoms with E-state index in [2.05, 4.69) is 10.1 Å². The van der Waals surface area contributed by atoms with E-state index in [0.717, 1.165) is 0 Å². The summed E-state index contributed by atoms with van der Waals surface area (Å²) in [6, 6.07) is 1.66. The van der Waals surface area contributed by atoms with Crippen LogP contribution in [0.5, 0.6) is 0 Å². The van der Waals surface area contributed by atoms with Gasteiger partial charge in [0.15, 0.2) is 5.54 Å². The van der Waals surface area contributed by atoms with Crippen LogP contribution in [-0.2, 0) is 19.1 Å². The second kappa shape index (κ2) is 5.65. The molecule has 2 fully saturated rings. The van der Waals surface area contributed by atoms with Gasteiger partial charge in [0.05, 0.1) is 24.7 Å². The molecule has 9 heteroatoms. The number of aliphatic imine (C=N–C) groups is 1. The van der Waals surface area contributed by atoms with Crippen LogP contribution in [0.2, 0.25) is 0 Å². The van der Waals surface area contributed by atoms with Gasteiger partial charge in [-0.3, -0.25) is 4.79 Å².